The van der Waals surface area contributed by atoms with Crippen molar-refractivity contribution in [2.45, 2.75) is 50.5 Å². The average molecular weight is 393 g/mol. The maximum absolute atomic E-state index is 13.8. The quantitative estimate of drug-likeness (QED) is 0.819. The Kier molecular flexibility index (Phi) is 4.50. The minimum atomic E-state index is -0.920. The lowest BCUT2D eigenvalue weighted by Crippen LogP contribution is -2.35. The molecule has 2 aliphatic rings. The third-order valence-electron chi connectivity index (χ3n) is 5.03. The number of aliphatic imine (C=N–C) groups is 1. The minimum absolute atomic E-state index is 0.0652. The highest BCUT2D eigenvalue weighted by atomic mass is 32.2. The predicted molar refractivity (Wildman–Crippen MR) is 102 cm³/mol. The SMILES string of the molecule is CC1=Nc2c(c(=O)[nH]n2[C@H]2CCOC(C)(C)C2)[C@@H](c2ccc(F)c(F)c2)S1. The summed E-state index contributed by atoms with van der Waals surface area (Å²) in [6.45, 7) is 6.52. The van der Waals surface area contributed by atoms with Gasteiger partial charge < -0.3 is 4.74 Å². The van der Waals surface area contributed by atoms with Crippen LogP contribution in [0.1, 0.15) is 56.0 Å². The number of fused-ring (bicyclic) bond motifs is 1. The lowest BCUT2D eigenvalue weighted by Gasteiger charge is -2.36. The van der Waals surface area contributed by atoms with Gasteiger partial charge in [0.15, 0.2) is 17.5 Å². The van der Waals surface area contributed by atoms with Gasteiger partial charge in [0.05, 0.1) is 27.5 Å². The summed E-state index contributed by atoms with van der Waals surface area (Å²) in [5, 5.41) is 3.28. The molecule has 1 aromatic heterocycles. The van der Waals surface area contributed by atoms with Crippen LogP contribution in [0.4, 0.5) is 14.6 Å². The van der Waals surface area contributed by atoms with E-state index in [0.29, 0.717) is 23.6 Å². The molecule has 5 nitrogen and oxygen atoms in total. The summed E-state index contributed by atoms with van der Waals surface area (Å²) in [5.41, 5.74) is 0.511. The molecule has 0 amide bonds. The molecule has 1 aromatic carbocycles. The van der Waals surface area contributed by atoms with E-state index in [9.17, 15) is 13.6 Å². The van der Waals surface area contributed by atoms with Crippen LogP contribution in [0.3, 0.4) is 0 Å². The van der Waals surface area contributed by atoms with Crippen molar-refractivity contribution in [2.24, 2.45) is 4.99 Å². The number of hydrogen-bond donors (Lipinski definition) is 1. The average Bonchev–Trinajstić information content (AvgIpc) is 2.92. The fourth-order valence-corrected chi connectivity index (χ4v) is 4.90. The number of aromatic nitrogens is 2. The van der Waals surface area contributed by atoms with Crippen LogP contribution >= 0.6 is 11.8 Å². The van der Waals surface area contributed by atoms with Crippen LogP contribution in [-0.4, -0.2) is 27.0 Å². The van der Waals surface area contributed by atoms with Gasteiger partial charge >= 0.3 is 0 Å². The second-order valence-electron chi connectivity index (χ2n) is 7.61. The molecule has 0 saturated carbocycles. The summed E-state index contributed by atoms with van der Waals surface area (Å²) in [6.07, 6.45) is 1.53. The lowest BCUT2D eigenvalue weighted by atomic mass is 9.94. The van der Waals surface area contributed by atoms with Gasteiger partial charge in [-0.15, -0.1) is 0 Å². The first-order valence-electron chi connectivity index (χ1n) is 8.90. The van der Waals surface area contributed by atoms with Crippen molar-refractivity contribution >= 4 is 22.6 Å². The van der Waals surface area contributed by atoms with Gasteiger partial charge in [0, 0.05) is 6.61 Å². The minimum Gasteiger partial charge on any atom is -0.375 e. The van der Waals surface area contributed by atoms with Gasteiger partial charge in [-0.05, 0) is 51.3 Å². The maximum Gasteiger partial charge on any atom is 0.271 e. The van der Waals surface area contributed by atoms with E-state index < -0.39 is 16.9 Å². The third-order valence-corrected chi connectivity index (χ3v) is 6.21. The molecule has 0 bridgehead atoms. The molecule has 0 spiro atoms. The number of aromatic amines is 1. The van der Waals surface area contributed by atoms with Crippen LogP contribution in [0.5, 0.6) is 0 Å². The number of hydrogen-bond acceptors (Lipinski definition) is 4. The molecule has 1 saturated heterocycles. The summed E-state index contributed by atoms with van der Waals surface area (Å²) >= 11 is 1.37. The number of H-pyrrole nitrogens is 1. The van der Waals surface area contributed by atoms with E-state index in [0.717, 1.165) is 30.0 Å². The number of thioether (sulfide) groups is 1. The van der Waals surface area contributed by atoms with E-state index in [-0.39, 0.29) is 17.2 Å². The van der Waals surface area contributed by atoms with Gasteiger partial charge in [0.2, 0.25) is 0 Å². The molecule has 3 heterocycles. The second kappa shape index (κ2) is 6.60. The molecular formula is C19H21F2N3O2S. The monoisotopic (exact) mass is 393 g/mol. The Balaban J connectivity index is 1.80. The number of rotatable bonds is 2. The van der Waals surface area contributed by atoms with Crippen molar-refractivity contribution in [2.75, 3.05) is 6.61 Å². The molecule has 0 radical (unpaired) electrons. The summed E-state index contributed by atoms with van der Waals surface area (Å²) in [6, 6.07) is 3.84. The normalized spacial score (nSPS) is 24.4. The van der Waals surface area contributed by atoms with Crippen molar-refractivity contribution in [3.05, 3.63) is 51.3 Å². The van der Waals surface area contributed by atoms with Crippen LogP contribution < -0.4 is 5.56 Å². The largest absolute Gasteiger partial charge is 0.375 e. The van der Waals surface area contributed by atoms with Crippen LogP contribution in [0.15, 0.2) is 28.0 Å². The van der Waals surface area contributed by atoms with E-state index in [1.807, 2.05) is 25.5 Å². The van der Waals surface area contributed by atoms with E-state index >= 15 is 0 Å². The summed E-state index contributed by atoms with van der Waals surface area (Å²) < 4.78 is 34.7. The first-order chi connectivity index (χ1) is 12.7. The standard InChI is InChI=1S/C19H21F2N3O2S/c1-10-22-17-15(16(27-10)11-4-5-13(20)14(21)8-11)18(25)23-24(17)12-6-7-26-19(2,3)9-12/h4-5,8,12,16H,6-7,9H2,1-3H3,(H,23,25)/t12-,16+/m0/s1. The Bertz CT molecular complexity index is 980. The molecule has 1 fully saturated rings. The van der Waals surface area contributed by atoms with Gasteiger partial charge in [-0.3, -0.25) is 14.6 Å². The lowest BCUT2D eigenvalue weighted by molar-refractivity contribution is -0.0705. The molecule has 8 heteroatoms. The highest BCUT2D eigenvalue weighted by molar-refractivity contribution is 8.14. The van der Waals surface area contributed by atoms with Crippen molar-refractivity contribution in [3.63, 3.8) is 0 Å². The summed E-state index contributed by atoms with van der Waals surface area (Å²) in [7, 11) is 0. The molecular weight excluding hydrogens is 372 g/mol. The van der Waals surface area contributed by atoms with Crippen LogP contribution in [0.2, 0.25) is 0 Å². The molecule has 1 N–H and O–H groups in total. The van der Waals surface area contributed by atoms with E-state index in [1.165, 1.54) is 17.8 Å². The molecule has 4 rings (SSSR count). The summed E-state index contributed by atoms with van der Waals surface area (Å²) in [4.78, 5) is 17.4. The van der Waals surface area contributed by atoms with Crippen molar-refractivity contribution in [1.29, 1.82) is 0 Å². The first-order valence-corrected chi connectivity index (χ1v) is 9.78. The fourth-order valence-electron chi connectivity index (χ4n) is 3.80. The first kappa shape index (κ1) is 18.4. The predicted octanol–water partition coefficient (Wildman–Crippen LogP) is 4.47. The van der Waals surface area contributed by atoms with E-state index in [1.54, 1.807) is 0 Å². The smallest absolute Gasteiger partial charge is 0.271 e. The number of nitrogens with zero attached hydrogens (tertiary/aromatic N) is 2. The van der Waals surface area contributed by atoms with Crippen molar-refractivity contribution in [1.82, 2.24) is 9.78 Å². The molecule has 2 aliphatic heterocycles. The molecule has 0 unspecified atom stereocenters. The Morgan fingerprint density at radius 2 is 2.11 bits per heavy atom. The van der Waals surface area contributed by atoms with Crippen molar-refractivity contribution < 1.29 is 13.5 Å². The van der Waals surface area contributed by atoms with E-state index in [2.05, 4.69) is 10.1 Å². The Morgan fingerprint density at radius 1 is 1.33 bits per heavy atom. The molecule has 0 aliphatic carbocycles. The zero-order valence-electron chi connectivity index (χ0n) is 15.4. The molecule has 144 valence electrons. The highest BCUT2D eigenvalue weighted by Crippen LogP contribution is 2.45. The summed E-state index contributed by atoms with van der Waals surface area (Å²) in [5.74, 6) is -1.24. The zero-order chi connectivity index (χ0) is 19.3. The third kappa shape index (κ3) is 3.36. The number of benzene rings is 1. The zero-order valence-corrected chi connectivity index (χ0v) is 16.2. The maximum atomic E-state index is 13.8. The molecule has 2 atom stereocenters. The Morgan fingerprint density at radius 3 is 2.81 bits per heavy atom. The van der Waals surface area contributed by atoms with Gasteiger partial charge in [-0.2, -0.15) is 0 Å². The van der Waals surface area contributed by atoms with Gasteiger partial charge in [0.1, 0.15) is 0 Å². The van der Waals surface area contributed by atoms with Crippen LogP contribution in [-0.2, 0) is 4.74 Å². The number of halogens is 2. The highest BCUT2D eigenvalue weighted by Gasteiger charge is 2.36. The van der Waals surface area contributed by atoms with Gasteiger partial charge in [0.25, 0.3) is 5.56 Å². The topological polar surface area (TPSA) is 59.4 Å². The van der Waals surface area contributed by atoms with Crippen LogP contribution in [0, 0.1) is 11.6 Å². The number of nitrogens with one attached hydrogen (secondary N) is 1. The van der Waals surface area contributed by atoms with Crippen molar-refractivity contribution in [3.8, 4) is 0 Å². The van der Waals surface area contributed by atoms with Gasteiger partial charge in [-0.1, -0.05) is 17.8 Å². The number of ether oxygens (including phenoxy) is 1. The molecule has 27 heavy (non-hydrogen) atoms. The molecule has 2 aromatic rings. The van der Waals surface area contributed by atoms with E-state index in [4.69, 9.17) is 4.74 Å². The Hall–Kier alpha value is -1.93. The fraction of sp³-hybridized carbons (Fsp3) is 0.474. The van der Waals surface area contributed by atoms with Gasteiger partial charge in [-0.25, -0.2) is 13.8 Å². The van der Waals surface area contributed by atoms with Crippen LogP contribution in [0.25, 0.3) is 0 Å². The Labute approximate surface area is 159 Å². The second-order valence-corrected chi connectivity index (χ2v) is 8.90.